The Balaban J connectivity index is 2.59. The molecule has 0 bridgehead atoms. The molecule has 0 radical (unpaired) electrons. The first-order chi connectivity index (χ1) is 7.10. The lowest BCUT2D eigenvalue weighted by Crippen LogP contribution is -2.52. The summed E-state index contributed by atoms with van der Waals surface area (Å²) >= 11 is 0. The van der Waals surface area contributed by atoms with Gasteiger partial charge in [-0.1, -0.05) is 0 Å². The molecule has 0 aromatic rings. The molecule has 88 valence electrons. The summed E-state index contributed by atoms with van der Waals surface area (Å²) in [6.07, 6.45) is 1.85. The normalized spacial score (nSPS) is 26.5. The van der Waals surface area contributed by atoms with E-state index < -0.39 is 0 Å². The number of nitrogens with zero attached hydrogens (tertiary/aromatic N) is 2. The molecule has 0 aromatic carbocycles. The number of piperidine rings is 1. The maximum atomic E-state index is 12.1. The highest BCUT2D eigenvalue weighted by Gasteiger charge is 2.28. The molecule has 2 amide bonds. The zero-order chi connectivity index (χ0) is 11.4. The van der Waals surface area contributed by atoms with Gasteiger partial charge in [0.2, 0.25) is 0 Å². The predicted octanol–water partition coefficient (Wildman–Crippen LogP) is 1.26. The molecule has 1 saturated heterocycles. The molecule has 15 heavy (non-hydrogen) atoms. The Bertz CT molecular complexity index is 216. The molecule has 1 heterocycles. The minimum Gasteiger partial charge on any atom is -0.328 e. The summed E-state index contributed by atoms with van der Waals surface area (Å²) < 4.78 is 0. The molecule has 1 fully saturated rings. The maximum absolute atomic E-state index is 12.1. The van der Waals surface area contributed by atoms with E-state index in [0.29, 0.717) is 0 Å². The minimum atomic E-state index is 0.166. The fourth-order valence-corrected chi connectivity index (χ4v) is 2.17. The number of rotatable bonds is 2. The van der Waals surface area contributed by atoms with Gasteiger partial charge in [0, 0.05) is 31.7 Å². The lowest BCUT2D eigenvalue weighted by Gasteiger charge is -2.39. The summed E-state index contributed by atoms with van der Waals surface area (Å²) in [6.45, 7) is 8.48. The number of hydrogen-bond donors (Lipinski definition) is 1. The van der Waals surface area contributed by atoms with E-state index in [9.17, 15) is 4.79 Å². The molecule has 1 aliphatic heterocycles. The molecule has 1 aliphatic rings. The van der Waals surface area contributed by atoms with E-state index in [4.69, 9.17) is 5.73 Å². The number of nitrogens with two attached hydrogens (primary N) is 1. The number of urea groups is 1. The van der Waals surface area contributed by atoms with Gasteiger partial charge in [0.05, 0.1) is 0 Å². The van der Waals surface area contributed by atoms with E-state index in [1.54, 1.807) is 0 Å². The van der Waals surface area contributed by atoms with Crippen LogP contribution in [0.15, 0.2) is 0 Å². The van der Waals surface area contributed by atoms with Crippen LogP contribution in [-0.4, -0.2) is 47.5 Å². The molecular formula is C11H23N3O. The van der Waals surface area contributed by atoms with Gasteiger partial charge in [0.1, 0.15) is 0 Å². The summed E-state index contributed by atoms with van der Waals surface area (Å²) in [4.78, 5) is 15.9. The van der Waals surface area contributed by atoms with Gasteiger partial charge in [-0.2, -0.15) is 0 Å². The Hall–Kier alpha value is -0.770. The number of amides is 2. The molecule has 2 atom stereocenters. The number of carbonyl (C=O) groups excluding carboxylic acids is 1. The monoisotopic (exact) mass is 213 g/mol. The summed E-state index contributed by atoms with van der Waals surface area (Å²) in [7, 11) is 0. The van der Waals surface area contributed by atoms with Gasteiger partial charge < -0.3 is 15.5 Å². The van der Waals surface area contributed by atoms with Crippen molar-refractivity contribution in [3.05, 3.63) is 0 Å². The van der Waals surface area contributed by atoms with Crippen molar-refractivity contribution >= 4 is 6.03 Å². The number of carbonyl (C=O) groups is 1. The molecule has 4 heteroatoms. The van der Waals surface area contributed by atoms with Gasteiger partial charge in [0.15, 0.2) is 0 Å². The Labute approximate surface area is 92.4 Å². The second-order valence-corrected chi connectivity index (χ2v) is 4.28. The molecule has 2 N–H and O–H groups in total. The van der Waals surface area contributed by atoms with Gasteiger partial charge in [-0.3, -0.25) is 0 Å². The topological polar surface area (TPSA) is 49.6 Å². The van der Waals surface area contributed by atoms with Crippen LogP contribution in [0.4, 0.5) is 4.79 Å². The van der Waals surface area contributed by atoms with E-state index in [0.717, 1.165) is 32.5 Å². The lowest BCUT2D eigenvalue weighted by atomic mass is 9.99. The first kappa shape index (κ1) is 12.3. The molecule has 0 aromatic heterocycles. The van der Waals surface area contributed by atoms with E-state index >= 15 is 0 Å². The third-order valence-electron chi connectivity index (χ3n) is 3.20. The van der Waals surface area contributed by atoms with Crippen molar-refractivity contribution in [2.45, 2.75) is 45.7 Å². The van der Waals surface area contributed by atoms with Crippen LogP contribution in [0.1, 0.15) is 33.6 Å². The molecular weight excluding hydrogens is 190 g/mol. The lowest BCUT2D eigenvalue weighted by molar-refractivity contribution is 0.119. The van der Waals surface area contributed by atoms with Crippen LogP contribution in [0.5, 0.6) is 0 Å². The van der Waals surface area contributed by atoms with Gasteiger partial charge in [0.25, 0.3) is 0 Å². The van der Waals surface area contributed by atoms with Crippen LogP contribution in [0.3, 0.4) is 0 Å². The Kier molecular flexibility index (Phi) is 4.39. The van der Waals surface area contributed by atoms with Crippen LogP contribution >= 0.6 is 0 Å². The Morgan fingerprint density at radius 3 is 2.53 bits per heavy atom. The van der Waals surface area contributed by atoms with Gasteiger partial charge in [-0.05, 0) is 33.6 Å². The molecule has 1 rings (SSSR count). The van der Waals surface area contributed by atoms with Crippen LogP contribution in [0.2, 0.25) is 0 Å². The summed E-state index contributed by atoms with van der Waals surface area (Å²) in [5.74, 6) is 0. The van der Waals surface area contributed by atoms with Crippen molar-refractivity contribution in [2.75, 3.05) is 19.6 Å². The van der Waals surface area contributed by atoms with Crippen molar-refractivity contribution in [2.24, 2.45) is 5.73 Å². The van der Waals surface area contributed by atoms with E-state index in [1.165, 1.54) is 0 Å². The van der Waals surface area contributed by atoms with Gasteiger partial charge in [-0.25, -0.2) is 4.79 Å². The summed E-state index contributed by atoms with van der Waals surface area (Å²) in [6, 6.07) is 0.710. The second-order valence-electron chi connectivity index (χ2n) is 4.28. The van der Waals surface area contributed by atoms with Crippen molar-refractivity contribution in [3.8, 4) is 0 Å². The standard InChI is InChI=1S/C11H23N3O/c1-4-13(5-2)11(15)14-7-6-10(12)8-9(14)3/h9-10H,4-8,12H2,1-3H3. The van der Waals surface area contributed by atoms with Gasteiger partial charge in [-0.15, -0.1) is 0 Å². The van der Waals surface area contributed by atoms with Gasteiger partial charge >= 0.3 is 6.03 Å². The fourth-order valence-electron chi connectivity index (χ4n) is 2.17. The van der Waals surface area contributed by atoms with Crippen LogP contribution < -0.4 is 5.73 Å². The summed E-state index contributed by atoms with van der Waals surface area (Å²) in [5.41, 5.74) is 5.88. The molecule has 0 spiro atoms. The van der Waals surface area contributed by atoms with Crippen LogP contribution in [0.25, 0.3) is 0 Å². The maximum Gasteiger partial charge on any atom is 0.320 e. The quantitative estimate of drug-likeness (QED) is 0.750. The minimum absolute atomic E-state index is 0.166. The third kappa shape index (κ3) is 2.84. The second kappa shape index (κ2) is 5.35. The van der Waals surface area contributed by atoms with Crippen LogP contribution in [0, 0.1) is 0 Å². The average molecular weight is 213 g/mol. The highest BCUT2D eigenvalue weighted by atomic mass is 16.2. The first-order valence-corrected chi connectivity index (χ1v) is 5.91. The zero-order valence-corrected chi connectivity index (χ0v) is 10.1. The molecule has 0 aliphatic carbocycles. The van der Waals surface area contributed by atoms with Crippen LogP contribution in [-0.2, 0) is 0 Å². The number of hydrogen-bond acceptors (Lipinski definition) is 2. The van der Waals surface area contributed by atoms with Crippen molar-refractivity contribution < 1.29 is 4.79 Å². The van der Waals surface area contributed by atoms with E-state index in [1.807, 2.05) is 23.6 Å². The first-order valence-electron chi connectivity index (χ1n) is 5.91. The van der Waals surface area contributed by atoms with E-state index in [2.05, 4.69) is 6.92 Å². The molecule has 2 unspecified atom stereocenters. The average Bonchev–Trinajstić information content (AvgIpc) is 2.19. The number of likely N-dealkylation sites (tertiary alicyclic amines) is 1. The highest BCUT2D eigenvalue weighted by molar-refractivity contribution is 5.74. The van der Waals surface area contributed by atoms with E-state index in [-0.39, 0.29) is 18.1 Å². The summed E-state index contributed by atoms with van der Waals surface area (Å²) in [5, 5.41) is 0. The van der Waals surface area contributed by atoms with Crippen molar-refractivity contribution in [1.82, 2.24) is 9.80 Å². The highest BCUT2D eigenvalue weighted by Crippen LogP contribution is 2.17. The SMILES string of the molecule is CCN(CC)C(=O)N1CCC(N)CC1C. The molecule has 0 saturated carbocycles. The molecule has 4 nitrogen and oxygen atoms in total. The van der Waals surface area contributed by atoms with Crippen molar-refractivity contribution in [3.63, 3.8) is 0 Å². The fraction of sp³-hybridized carbons (Fsp3) is 0.909. The van der Waals surface area contributed by atoms with Crippen molar-refractivity contribution in [1.29, 1.82) is 0 Å². The Morgan fingerprint density at radius 2 is 2.07 bits per heavy atom. The zero-order valence-electron chi connectivity index (χ0n) is 10.1. The smallest absolute Gasteiger partial charge is 0.320 e. The third-order valence-corrected chi connectivity index (χ3v) is 3.20. The predicted molar refractivity (Wildman–Crippen MR) is 61.7 cm³/mol. The Morgan fingerprint density at radius 1 is 1.47 bits per heavy atom. The largest absolute Gasteiger partial charge is 0.328 e.